The second-order valence-corrected chi connectivity index (χ2v) is 6.05. The zero-order valence-electron chi connectivity index (χ0n) is 13.7. The summed E-state index contributed by atoms with van der Waals surface area (Å²) in [6.07, 6.45) is 2.01. The number of halogens is 1. The van der Waals surface area contributed by atoms with Crippen LogP contribution >= 0.6 is 12.4 Å². The van der Waals surface area contributed by atoms with Gasteiger partial charge in [-0.3, -0.25) is 4.79 Å². The predicted octanol–water partition coefficient (Wildman–Crippen LogP) is 2.24. The third-order valence-corrected chi connectivity index (χ3v) is 4.50. The highest BCUT2D eigenvalue weighted by Crippen LogP contribution is 2.37. The van der Waals surface area contributed by atoms with E-state index in [1.54, 1.807) is 7.11 Å². The van der Waals surface area contributed by atoms with E-state index in [1.807, 2.05) is 29.2 Å². The van der Waals surface area contributed by atoms with E-state index in [1.165, 1.54) is 12.8 Å². The zero-order valence-corrected chi connectivity index (χ0v) is 14.5. The first-order chi connectivity index (χ1) is 10.7. The molecule has 0 spiro atoms. The summed E-state index contributed by atoms with van der Waals surface area (Å²) in [5.74, 6) is 1.45. The zero-order chi connectivity index (χ0) is 15.5. The van der Waals surface area contributed by atoms with E-state index in [0.717, 1.165) is 18.0 Å². The smallest absolute Gasteiger partial charge is 0.257 e. The van der Waals surface area contributed by atoms with Gasteiger partial charge in [0.25, 0.3) is 5.91 Å². The summed E-state index contributed by atoms with van der Waals surface area (Å²) in [5, 5.41) is 3.23. The monoisotopic (exact) mass is 340 g/mol. The van der Waals surface area contributed by atoms with Crippen molar-refractivity contribution in [3.63, 3.8) is 0 Å². The minimum absolute atomic E-state index is 0. The van der Waals surface area contributed by atoms with Crippen LogP contribution in [0.25, 0.3) is 0 Å². The molecule has 1 saturated heterocycles. The number of amides is 1. The van der Waals surface area contributed by atoms with Gasteiger partial charge in [-0.25, -0.2) is 0 Å². The second-order valence-electron chi connectivity index (χ2n) is 6.05. The molecule has 6 heteroatoms. The summed E-state index contributed by atoms with van der Waals surface area (Å²) in [5.41, 5.74) is 0.916. The van der Waals surface area contributed by atoms with Crippen molar-refractivity contribution < 1.29 is 14.3 Å². The van der Waals surface area contributed by atoms with Crippen molar-refractivity contribution in [3.8, 4) is 5.75 Å². The number of carbonyl (C=O) groups excluding carboxylic acids is 1. The topological polar surface area (TPSA) is 50.8 Å². The molecular formula is C17H25ClN2O3. The maximum absolute atomic E-state index is 13.0. The van der Waals surface area contributed by atoms with Crippen LogP contribution in [0, 0.1) is 5.92 Å². The van der Waals surface area contributed by atoms with Gasteiger partial charge in [-0.1, -0.05) is 0 Å². The lowest BCUT2D eigenvalue weighted by Gasteiger charge is -2.34. The van der Waals surface area contributed by atoms with Crippen molar-refractivity contribution in [1.82, 2.24) is 5.32 Å². The minimum Gasteiger partial charge on any atom is -0.497 e. The number of hydrogen-bond donors (Lipinski definition) is 1. The van der Waals surface area contributed by atoms with Gasteiger partial charge >= 0.3 is 0 Å². The van der Waals surface area contributed by atoms with Crippen LogP contribution in [0.2, 0.25) is 0 Å². The largest absolute Gasteiger partial charge is 0.497 e. The van der Waals surface area contributed by atoms with Gasteiger partial charge in [0.15, 0.2) is 0 Å². The molecule has 1 aromatic rings. The van der Waals surface area contributed by atoms with Crippen LogP contribution in [-0.2, 0) is 9.53 Å². The fourth-order valence-corrected chi connectivity index (χ4v) is 2.97. The molecule has 1 N–H and O–H groups in total. The highest BCUT2D eigenvalue weighted by molar-refractivity contribution is 5.97. The molecule has 2 fully saturated rings. The van der Waals surface area contributed by atoms with Crippen molar-refractivity contribution in [1.29, 1.82) is 0 Å². The van der Waals surface area contributed by atoms with Crippen molar-refractivity contribution in [2.75, 3.05) is 31.7 Å². The number of nitrogens with one attached hydrogen (secondary N) is 1. The Hall–Kier alpha value is -1.30. The van der Waals surface area contributed by atoms with Crippen LogP contribution in [0.5, 0.6) is 5.75 Å². The second kappa shape index (κ2) is 7.99. The molecule has 1 amide bonds. The Balaban J connectivity index is 0.00000192. The van der Waals surface area contributed by atoms with Gasteiger partial charge in [-0.15, -0.1) is 12.4 Å². The van der Waals surface area contributed by atoms with Gasteiger partial charge in [0.1, 0.15) is 11.9 Å². The molecule has 0 aromatic heterocycles. The van der Waals surface area contributed by atoms with Crippen LogP contribution in [0.1, 0.15) is 19.8 Å². The first kappa shape index (κ1) is 18.0. The van der Waals surface area contributed by atoms with Crippen LogP contribution in [-0.4, -0.2) is 44.9 Å². The fraction of sp³-hybridized carbons (Fsp3) is 0.588. The highest BCUT2D eigenvalue weighted by atomic mass is 35.5. The molecule has 2 aliphatic rings. The van der Waals surface area contributed by atoms with Gasteiger partial charge < -0.3 is 19.7 Å². The Labute approximate surface area is 143 Å². The van der Waals surface area contributed by atoms with Crippen molar-refractivity contribution in [2.45, 2.75) is 31.9 Å². The summed E-state index contributed by atoms with van der Waals surface area (Å²) in [4.78, 5) is 14.9. The number of hydrogen-bond acceptors (Lipinski definition) is 4. The van der Waals surface area contributed by atoms with Gasteiger partial charge in [-0.2, -0.15) is 0 Å². The highest BCUT2D eigenvalue weighted by Gasteiger charge is 2.38. The Kier molecular flexibility index (Phi) is 6.27. The standard InChI is InChI=1S/C17H24N2O3.ClH/c1-12(13-3-4-13)19(14-5-7-15(21-2)8-6-14)17(20)16-11-18-9-10-22-16;/h5-8,12-13,16,18H,3-4,9-11H2,1-2H3;1H. The lowest BCUT2D eigenvalue weighted by atomic mass is 10.1. The number of carbonyl (C=O) groups is 1. The molecule has 23 heavy (non-hydrogen) atoms. The molecule has 1 aliphatic carbocycles. The molecule has 2 atom stereocenters. The van der Waals surface area contributed by atoms with Gasteiger partial charge in [0, 0.05) is 24.8 Å². The number of anilines is 1. The van der Waals surface area contributed by atoms with E-state index < -0.39 is 6.10 Å². The maximum Gasteiger partial charge on any atom is 0.257 e. The quantitative estimate of drug-likeness (QED) is 0.893. The lowest BCUT2D eigenvalue weighted by molar-refractivity contribution is -0.132. The number of morpholine rings is 1. The maximum atomic E-state index is 13.0. The van der Waals surface area contributed by atoms with E-state index in [0.29, 0.717) is 19.1 Å². The first-order valence-corrected chi connectivity index (χ1v) is 8.00. The normalized spacial score (nSPS) is 21.9. The molecule has 1 aromatic carbocycles. The van der Waals surface area contributed by atoms with Gasteiger partial charge in [0.2, 0.25) is 0 Å². The summed E-state index contributed by atoms with van der Waals surface area (Å²) in [7, 11) is 1.65. The molecular weight excluding hydrogens is 316 g/mol. The Morgan fingerprint density at radius 2 is 2.04 bits per heavy atom. The van der Waals surface area contributed by atoms with E-state index >= 15 is 0 Å². The van der Waals surface area contributed by atoms with Crippen molar-refractivity contribution in [2.24, 2.45) is 5.92 Å². The third kappa shape index (κ3) is 4.16. The summed E-state index contributed by atoms with van der Waals surface area (Å²) in [6.45, 7) is 4.12. The minimum atomic E-state index is -0.392. The van der Waals surface area contributed by atoms with Gasteiger partial charge in [0.05, 0.1) is 13.7 Å². The van der Waals surface area contributed by atoms with Crippen LogP contribution < -0.4 is 15.0 Å². The SMILES string of the molecule is COc1ccc(N(C(=O)C2CNCCO2)C(C)C2CC2)cc1.Cl. The number of methoxy groups -OCH3 is 1. The number of benzene rings is 1. The average molecular weight is 341 g/mol. The van der Waals surface area contributed by atoms with Gasteiger partial charge in [-0.05, 0) is 49.9 Å². The Morgan fingerprint density at radius 3 is 2.57 bits per heavy atom. The summed E-state index contributed by atoms with van der Waals surface area (Å²) >= 11 is 0. The Morgan fingerprint density at radius 1 is 1.35 bits per heavy atom. The summed E-state index contributed by atoms with van der Waals surface area (Å²) < 4.78 is 10.9. The van der Waals surface area contributed by atoms with E-state index in [2.05, 4.69) is 12.2 Å². The summed E-state index contributed by atoms with van der Waals surface area (Å²) in [6, 6.07) is 7.90. The third-order valence-electron chi connectivity index (χ3n) is 4.50. The Bertz CT molecular complexity index is 513. The number of rotatable bonds is 5. The van der Waals surface area contributed by atoms with E-state index in [4.69, 9.17) is 9.47 Å². The molecule has 5 nitrogen and oxygen atoms in total. The molecule has 1 heterocycles. The first-order valence-electron chi connectivity index (χ1n) is 8.00. The fourth-order valence-electron chi connectivity index (χ4n) is 2.97. The van der Waals surface area contributed by atoms with Crippen molar-refractivity contribution in [3.05, 3.63) is 24.3 Å². The molecule has 0 bridgehead atoms. The molecule has 128 valence electrons. The van der Waals surface area contributed by atoms with Crippen LogP contribution in [0.3, 0.4) is 0 Å². The lowest BCUT2D eigenvalue weighted by Crippen LogP contribution is -2.52. The van der Waals surface area contributed by atoms with Crippen LogP contribution in [0.15, 0.2) is 24.3 Å². The molecule has 2 unspecified atom stereocenters. The van der Waals surface area contributed by atoms with Crippen LogP contribution in [0.4, 0.5) is 5.69 Å². The average Bonchev–Trinajstić information content (AvgIpc) is 3.41. The number of ether oxygens (including phenoxy) is 2. The molecule has 1 saturated carbocycles. The predicted molar refractivity (Wildman–Crippen MR) is 92.5 cm³/mol. The van der Waals surface area contributed by atoms with E-state index in [-0.39, 0.29) is 24.4 Å². The molecule has 0 radical (unpaired) electrons. The molecule has 3 rings (SSSR count). The molecule has 1 aliphatic heterocycles. The number of nitrogens with zero attached hydrogens (tertiary/aromatic N) is 1. The van der Waals surface area contributed by atoms with E-state index in [9.17, 15) is 4.79 Å². The van der Waals surface area contributed by atoms with Crippen molar-refractivity contribution >= 4 is 24.0 Å².